The number of H-pyrrole nitrogens is 1. The molecule has 1 aliphatic heterocycles. The summed E-state index contributed by atoms with van der Waals surface area (Å²) in [4.78, 5) is 7.12. The third-order valence-electron chi connectivity index (χ3n) is 4.25. The Labute approximate surface area is 143 Å². The van der Waals surface area contributed by atoms with E-state index in [1.54, 1.807) is 6.20 Å². The fraction of sp³-hybridized carbons (Fsp3) is 0.368. The molecular formula is C19H25N5. The summed E-state index contributed by atoms with van der Waals surface area (Å²) in [5.74, 6) is 2.17. The van der Waals surface area contributed by atoms with E-state index in [0.29, 0.717) is 5.92 Å². The second-order valence-electron chi connectivity index (χ2n) is 6.24. The van der Waals surface area contributed by atoms with Gasteiger partial charge in [0.05, 0.1) is 12.2 Å². The smallest absolute Gasteiger partial charge is 0.137 e. The van der Waals surface area contributed by atoms with Gasteiger partial charge in [-0.3, -0.25) is 5.10 Å². The first-order valence-corrected chi connectivity index (χ1v) is 8.51. The first-order valence-electron chi connectivity index (χ1n) is 8.51. The fourth-order valence-electron chi connectivity index (χ4n) is 2.93. The van der Waals surface area contributed by atoms with Gasteiger partial charge in [0.1, 0.15) is 11.6 Å². The zero-order valence-electron chi connectivity index (χ0n) is 14.5. The molecule has 0 radical (unpaired) electrons. The zero-order chi connectivity index (χ0) is 16.9. The lowest BCUT2D eigenvalue weighted by atomic mass is 9.94. The number of nitrogens with zero attached hydrogens (tertiary/aromatic N) is 3. The van der Waals surface area contributed by atoms with E-state index in [1.165, 1.54) is 5.57 Å². The third kappa shape index (κ3) is 3.50. The summed E-state index contributed by atoms with van der Waals surface area (Å²) in [6, 6.07) is 2.26. The van der Waals surface area contributed by atoms with Crippen molar-refractivity contribution in [3.63, 3.8) is 0 Å². The lowest BCUT2D eigenvalue weighted by Crippen LogP contribution is -2.31. The Balaban J connectivity index is 2.02. The van der Waals surface area contributed by atoms with Crippen LogP contribution in [0.25, 0.3) is 0 Å². The van der Waals surface area contributed by atoms with E-state index in [0.717, 1.165) is 30.2 Å². The minimum absolute atomic E-state index is 0.285. The molecule has 2 atom stereocenters. The average Bonchev–Trinajstić information content (AvgIpc) is 3.01. The first-order chi connectivity index (χ1) is 11.7. The van der Waals surface area contributed by atoms with Crippen LogP contribution in [-0.4, -0.2) is 27.8 Å². The van der Waals surface area contributed by atoms with E-state index in [9.17, 15) is 0 Å². The van der Waals surface area contributed by atoms with E-state index in [4.69, 9.17) is 4.98 Å². The van der Waals surface area contributed by atoms with Crippen LogP contribution >= 0.6 is 0 Å². The lowest BCUT2D eigenvalue weighted by molar-refractivity contribution is 0.691. The van der Waals surface area contributed by atoms with Gasteiger partial charge in [0.25, 0.3) is 0 Å². The fourth-order valence-corrected chi connectivity index (χ4v) is 2.93. The number of hydrogen-bond donors (Lipinski definition) is 2. The summed E-state index contributed by atoms with van der Waals surface area (Å²) in [5.41, 5.74) is 2.29. The van der Waals surface area contributed by atoms with Crippen LogP contribution in [0, 0.1) is 12.8 Å². The van der Waals surface area contributed by atoms with Crippen molar-refractivity contribution in [2.45, 2.75) is 33.2 Å². The molecule has 5 nitrogen and oxygen atoms in total. The number of hydrogen-bond acceptors (Lipinski definition) is 4. The van der Waals surface area contributed by atoms with Crippen molar-refractivity contribution in [2.24, 2.45) is 5.92 Å². The number of anilines is 2. The molecule has 3 rings (SSSR count). The Hall–Kier alpha value is -2.56. The molecular weight excluding hydrogens is 298 g/mol. The van der Waals surface area contributed by atoms with Crippen molar-refractivity contribution < 1.29 is 0 Å². The molecule has 0 spiro atoms. The van der Waals surface area contributed by atoms with E-state index < -0.39 is 0 Å². The molecule has 5 heteroatoms. The second-order valence-corrected chi connectivity index (χ2v) is 6.24. The van der Waals surface area contributed by atoms with Crippen molar-refractivity contribution in [2.75, 3.05) is 16.8 Å². The molecule has 0 aromatic carbocycles. The maximum atomic E-state index is 4.90. The number of aromatic nitrogens is 3. The van der Waals surface area contributed by atoms with Gasteiger partial charge in [-0.15, -0.1) is 0 Å². The van der Waals surface area contributed by atoms with Crippen molar-refractivity contribution in [3.8, 4) is 0 Å². The highest BCUT2D eigenvalue weighted by molar-refractivity contribution is 5.54. The van der Waals surface area contributed by atoms with Crippen molar-refractivity contribution in [3.05, 3.63) is 60.1 Å². The Morgan fingerprint density at radius 2 is 2.17 bits per heavy atom. The van der Waals surface area contributed by atoms with Gasteiger partial charge in [-0.2, -0.15) is 5.10 Å². The molecule has 0 bridgehead atoms. The van der Waals surface area contributed by atoms with E-state index in [2.05, 4.69) is 64.8 Å². The molecule has 24 heavy (non-hydrogen) atoms. The normalized spacial score (nSPS) is 21.3. The minimum atomic E-state index is 0.285. The Bertz CT molecular complexity index is 727. The van der Waals surface area contributed by atoms with Crippen molar-refractivity contribution >= 4 is 11.6 Å². The average molecular weight is 323 g/mol. The number of allylic oxidation sites excluding steroid dienone is 2. The first kappa shape index (κ1) is 16.3. The van der Waals surface area contributed by atoms with Gasteiger partial charge < -0.3 is 10.2 Å². The molecule has 1 aliphatic carbocycles. The maximum Gasteiger partial charge on any atom is 0.137 e. The molecule has 1 aromatic heterocycles. The monoisotopic (exact) mass is 323 g/mol. The van der Waals surface area contributed by atoms with Crippen LogP contribution in [0.5, 0.6) is 0 Å². The predicted molar refractivity (Wildman–Crippen MR) is 99.3 cm³/mol. The van der Waals surface area contributed by atoms with Crippen LogP contribution in [0.3, 0.4) is 0 Å². The standard InChI is InChI=1S/C19H25N5/c1-4-9-20-19-15(3)13-22-21-10-7-18(23-19)24-11-8-16-6-5-14(2)12-17(16)24/h5-8,10-13,16-17,20-21H,4,9H2,1-3H3. The van der Waals surface area contributed by atoms with E-state index >= 15 is 0 Å². The topological polar surface area (TPSA) is 56.8 Å². The van der Waals surface area contributed by atoms with Gasteiger partial charge in [-0.05, 0) is 26.3 Å². The molecule has 2 aliphatic rings. The van der Waals surface area contributed by atoms with Crippen LogP contribution in [0.15, 0.2) is 54.5 Å². The molecule has 126 valence electrons. The van der Waals surface area contributed by atoms with Crippen LogP contribution < -0.4 is 10.2 Å². The molecule has 2 unspecified atom stereocenters. The van der Waals surface area contributed by atoms with Gasteiger partial charge in [-0.1, -0.05) is 36.8 Å². The molecule has 0 saturated carbocycles. The second kappa shape index (κ2) is 7.34. The summed E-state index contributed by atoms with van der Waals surface area (Å²) >= 11 is 0. The summed E-state index contributed by atoms with van der Waals surface area (Å²) in [6.07, 6.45) is 15.8. The Morgan fingerprint density at radius 1 is 1.29 bits per heavy atom. The van der Waals surface area contributed by atoms with Gasteiger partial charge in [-0.25, -0.2) is 4.98 Å². The number of nitrogens with one attached hydrogen (secondary N) is 2. The van der Waals surface area contributed by atoms with Crippen molar-refractivity contribution in [1.82, 2.24) is 15.2 Å². The highest BCUT2D eigenvalue weighted by Crippen LogP contribution is 2.31. The molecule has 2 N–H and O–H groups in total. The number of rotatable bonds is 4. The lowest BCUT2D eigenvalue weighted by Gasteiger charge is -2.27. The van der Waals surface area contributed by atoms with Crippen LogP contribution in [0.4, 0.5) is 11.6 Å². The third-order valence-corrected chi connectivity index (χ3v) is 4.25. The summed E-state index contributed by atoms with van der Waals surface area (Å²) < 4.78 is 0. The molecule has 0 saturated heterocycles. The van der Waals surface area contributed by atoms with Crippen molar-refractivity contribution in [1.29, 1.82) is 0 Å². The van der Waals surface area contributed by atoms with Gasteiger partial charge in [0.2, 0.25) is 0 Å². The molecule has 1 aromatic rings. The Morgan fingerprint density at radius 3 is 3.00 bits per heavy atom. The quantitative estimate of drug-likeness (QED) is 0.882. The van der Waals surface area contributed by atoms with Gasteiger partial charge in [0.15, 0.2) is 0 Å². The number of aromatic amines is 1. The zero-order valence-corrected chi connectivity index (χ0v) is 14.5. The highest BCUT2D eigenvalue weighted by Gasteiger charge is 2.29. The summed E-state index contributed by atoms with van der Waals surface area (Å²) in [6.45, 7) is 7.19. The van der Waals surface area contributed by atoms with Crippen LogP contribution in [0.2, 0.25) is 0 Å². The van der Waals surface area contributed by atoms with Crippen LogP contribution in [-0.2, 0) is 0 Å². The SMILES string of the molecule is CCCNc1nc(N2C=CC3C=CC(C)=CC32)cc[nH]ncc1C. The molecule has 0 fully saturated rings. The number of fused-ring (bicyclic) bond motifs is 1. The highest BCUT2D eigenvalue weighted by atomic mass is 15.2. The largest absolute Gasteiger partial charge is 0.370 e. The van der Waals surface area contributed by atoms with Crippen LogP contribution in [0.1, 0.15) is 25.8 Å². The van der Waals surface area contributed by atoms with E-state index in [-0.39, 0.29) is 6.04 Å². The maximum absolute atomic E-state index is 4.90. The van der Waals surface area contributed by atoms with Gasteiger partial charge >= 0.3 is 0 Å². The minimum Gasteiger partial charge on any atom is -0.370 e. The number of aryl methyl sites for hydroxylation is 1. The molecule has 0 amide bonds. The molecule has 2 heterocycles. The summed E-state index contributed by atoms with van der Waals surface area (Å²) in [5, 5.41) is 10.5. The van der Waals surface area contributed by atoms with Gasteiger partial charge in [0, 0.05) is 30.4 Å². The van der Waals surface area contributed by atoms with E-state index in [1.807, 2.05) is 19.2 Å². The predicted octanol–water partition coefficient (Wildman–Crippen LogP) is 3.89. The Kier molecular flexibility index (Phi) is 4.99. The summed E-state index contributed by atoms with van der Waals surface area (Å²) in [7, 11) is 0.